The lowest BCUT2D eigenvalue weighted by Crippen LogP contribution is -2.07. The number of hydrogen-bond donors (Lipinski definition) is 0. The highest BCUT2D eigenvalue weighted by molar-refractivity contribution is 7.13. The summed E-state index contributed by atoms with van der Waals surface area (Å²) in [5, 5.41) is 6.84. The van der Waals surface area contributed by atoms with Crippen LogP contribution in [0.5, 0.6) is 0 Å². The van der Waals surface area contributed by atoms with Crippen molar-refractivity contribution in [1.29, 1.82) is 0 Å². The molecule has 0 saturated carbocycles. The Morgan fingerprint density at radius 3 is 2.78 bits per heavy atom. The van der Waals surface area contributed by atoms with Crippen LogP contribution >= 0.6 is 22.9 Å². The summed E-state index contributed by atoms with van der Waals surface area (Å²) in [6, 6.07) is 1.98. The van der Waals surface area contributed by atoms with Crippen LogP contribution in [0.4, 0.5) is 0 Å². The molecule has 2 heterocycles. The van der Waals surface area contributed by atoms with E-state index in [9.17, 15) is 4.79 Å². The van der Waals surface area contributed by atoms with E-state index in [2.05, 4.69) is 5.10 Å². The van der Waals surface area contributed by atoms with Gasteiger partial charge in [0.25, 0.3) is 0 Å². The number of nitrogens with zero attached hydrogens (tertiary/aromatic N) is 2. The molecule has 3 nitrogen and oxygen atoms in total. The van der Waals surface area contributed by atoms with E-state index in [0.717, 1.165) is 23.4 Å². The van der Waals surface area contributed by atoms with Gasteiger partial charge in [0.2, 0.25) is 0 Å². The number of carbonyl (C=O) groups is 1. The summed E-state index contributed by atoms with van der Waals surface area (Å²) in [6.45, 7) is 3.96. The topological polar surface area (TPSA) is 34.9 Å². The number of halogens is 1. The third kappa shape index (κ3) is 2.49. The summed E-state index contributed by atoms with van der Waals surface area (Å²) in [5.74, 6) is 0.0590. The Kier molecular flexibility index (Phi) is 3.88. The lowest BCUT2D eigenvalue weighted by molar-refractivity contribution is 0.0994. The number of rotatable bonds is 4. The van der Waals surface area contributed by atoms with E-state index in [0.29, 0.717) is 16.3 Å². The fourth-order valence-electron chi connectivity index (χ4n) is 1.77. The largest absolute Gasteiger partial charge is 0.293 e. The number of thiophene rings is 1. The molecule has 2 rings (SSSR count). The number of aryl methyl sites for hydroxylation is 3. The zero-order valence-electron chi connectivity index (χ0n) is 10.7. The lowest BCUT2D eigenvalue weighted by atomic mass is 10.1. The first-order valence-electron chi connectivity index (χ1n) is 5.81. The predicted octanol–water partition coefficient (Wildman–Crippen LogP) is 3.43. The van der Waals surface area contributed by atoms with Gasteiger partial charge in [-0.25, -0.2) is 0 Å². The Bertz CT molecular complexity index is 586. The smallest absolute Gasteiger partial charge is 0.180 e. The van der Waals surface area contributed by atoms with Crippen LogP contribution in [0.1, 0.15) is 33.5 Å². The van der Waals surface area contributed by atoms with Gasteiger partial charge in [0.15, 0.2) is 5.78 Å². The Morgan fingerprint density at radius 2 is 2.28 bits per heavy atom. The first-order valence-corrected chi connectivity index (χ1v) is 7.07. The first-order chi connectivity index (χ1) is 8.52. The van der Waals surface area contributed by atoms with E-state index in [1.165, 1.54) is 11.3 Å². The second-order valence-corrected chi connectivity index (χ2v) is 5.52. The number of carbonyl (C=O) groups excluding carboxylic acids is 1. The highest BCUT2D eigenvalue weighted by Crippen LogP contribution is 2.28. The Labute approximate surface area is 115 Å². The number of hydrogen-bond acceptors (Lipinski definition) is 3. The maximum atomic E-state index is 12.2. The summed E-state index contributed by atoms with van der Waals surface area (Å²) >= 11 is 7.52. The minimum Gasteiger partial charge on any atom is -0.293 e. The maximum absolute atomic E-state index is 12.2. The Morgan fingerprint density at radius 1 is 1.56 bits per heavy atom. The highest BCUT2D eigenvalue weighted by atomic mass is 35.5. The van der Waals surface area contributed by atoms with Crippen LogP contribution < -0.4 is 0 Å². The molecule has 0 fully saturated rings. The van der Waals surface area contributed by atoms with Gasteiger partial charge in [-0.2, -0.15) is 5.10 Å². The average Bonchev–Trinajstić information content (AvgIpc) is 2.85. The summed E-state index contributed by atoms with van der Waals surface area (Å²) in [4.78, 5) is 12.8. The highest BCUT2D eigenvalue weighted by Gasteiger charge is 2.17. The van der Waals surface area contributed by atoms with E-state index >= 15 is 0 Å². The van der Waals surface area contributed by atoms with Crippen molar-refractivity contribution in [2.75, 3.05) is 0 Å². The molecule has 0 aliphatic carbocycles. The van der Waals surface area contributed by atoms with Gasteiger partial charge < -0.3 is 0 Å². The van der Waals surface area contributed by atoms with E-state index in [1.54, 1.807) is 4.68 Å². The molecule has 0 bridgehead atoms. The SMILES string of the molecule is CCc1cc(CC(=O)c2scc(C)c2Cl)n(C)n1. The van der Waals surface area contributed by atoms with Crippen molar-refractivity contribution in [1.82, 2.24) is 9.78 Å². The molecule has 0 aliphatic heterocycles. The van der Waals surface area contributed by atoms with Gasteiger partial charge in [-0.3, -0.25) is 9.48 Å². The van der Waals surface area contributed by atoms with E-state index in [-0.39, 0.29) is 5.78 Å². The van der Waals surface area contributed by atoms with Crippen LogP contribution in [0, 0.1) is 6.92 Å². The van der Waals surface area contributed by atoms with Gasteiger partial charge in [0, 0.05) is 12.7 Å². The zero-order chi connectivity index (χ0) is 13.3. The molecule has 0 atom stereocenters. The Balaban J connectivity index is 2.21. The molecule has 96 valence electrons. The molecule has 0 aliphatic rings. The fraction of sp³-hybridized carbons (Fsp3) is 0.385. The molecule has 0 aromatic carbocycles. The van der Waals surface area contributed by atoms with Gasteiger partial charge in [-0.1, -0.05) is 18.5 Å². The molecule has 5 heteroatoms. The van der Waals surface area contributed by atoms with Crippen molar-refractivity contribution in [2.45, 2.75) is 26.7 Å². The third-order valence-corrected chi connectivity index (χ3v) is 4.62. The van der Waals surface area contributed by atoms with Crippen molar-refractivity contribution in [3.05, 3.63) is 38.3 Å². The van der Waals surface area contributed by atoms with E-state index in [1.807, 2.05) is 32.3 Å². The second kappa shape index (κ2) is 5.24. The molecule has 0 N–H and O–H groups in total. The number of aromatic nitrogens is 2. The summed E-state index contributed by atoms with van der Waals surface area (Å²) in [6.07, 6.45) is 1.23. The van der Waals surface area contributed by atoms with Crippen LogP contribution in [-0.4, -0.2) is 15.6 Å². The van der Waals surface area contributed by atoms with Gasteiger partial charge in [0.05, 0.1) is 22.0 Å². The molecule has 18 heavy (non-hydrogen) atoms. The first kappa shape index (κ1) is 13.3. The molecule has 0 spiro atoms. The minimum absolute atomic E-state index is 0.0590. The van der Waals surface area contributed by atoms with E-state index < -0.39 is 0 Å². The minimum atomic E-state index is 0.0590. The van der Waals surface area contributed by atoms with Crippen molar-refractivity contribution in [3.8, 4) is 0 Å². The summed E-state index contributed by atoms with van der Waals surface area (Å²) in [7, 11) is 1.86. The normalized spacial score (nSPS) is 10.9. The van der Waals surface area contributed by atoms with E-state index in [4.69, 9.17) is 11.6 Å². The van der Waals surface area contributed by atoms with Crippen LogP contribution in [0.15, 0.2) is 11.4 Å². The molecule has 2 aromatic rings. The lowest BCUT2D eigenvalue weighted by Gasteiger charge is -2.00. The van der Waals surface area contributed by atoms with Crippen molar-refractivity contribution >= 4 is 28.7 Å². The molecule has 0 amide bonds. The maximum Gasteiger partial charge on any atom is 0.180 e. The van der Waals surface area contributed by atoms with Crippen LogP contribution in [0.3, 0.4) is 0 Å². The molecule has 0 saturated heterocycles. The Hall–Kier alpha value is -1.13. The molecule has 0 radical (unpaired) electrons. The van der Waals surface area contributed by atoms with Gasteiger partial charge in [-0.15, -0.1) is 11.3 Å². The predicted molar refractivity (Wildman–Crippen MR) is 74.7 cm³/mol. The van der Waals surface area contributed by atoms with Crippen LogP contribution in [-0.2, 0) is 19.9 Å². The second-order valence-electron chi connectivity index (χ2n) is 4.27. The monoisotopic (exact) mass is 282 g/mol. The molecular formula is C13H15ClN2OS. The van der Waals surface area contributed by atoms with Crippen molar-refractivity contribution < 1.29 is 4.79 Å². The standard InChI is InChI=1S/C13H15ClN2OS/c1-4-9-5-10(16(3)15-9)6-11(17)13-12(14)8(2)7-18-13/h5,7H,4,6H2,1-3H3. The third-order valence-electron chi connectivity index (χ3n) is 2.88. The average molecular weight is 283 g/mol. The van der Waals surface area contributed by atoms with Crippen LogP contribution in [0.25, 0.3) is 0 Å². The summed E-state index contributed by atoms with van der Waals surface area (Å²) < 4.78 is 1.77. The van der Waals surface area contributed by atoms with Crippen molar-refractivity contribution in [3.63, 3.8) is 0 Å². The quantitative estimate of drug-likeness (QED) is 0.805. The molecule has 2 aromatic heterocycles. The van der Waals surface area contributed by atoms with Gasteiger partial charge in [-0.05, 0) is 30.4 Å². The number of ketones is 1. The number of Topliss-reactive ketones (excluding diaryl/α,β-unsaturated/α-hetero) is 1. The fourth-order valence-corrected chi connectivity index (χ4v) is 3.01. The zero-order valence-corrected chi connectivity index (χ0v) is 12.2. The molecular weight excluding hydrogens is 268 g/mol. The van der Waals surface area contributed by atoms with Gasteiger partial charge >= 0.3 is 0 Å². The summed E-state index contributed by atoms with van der Waals surface area (Å²) in [5.41, 5.74) is 2.90. The molecule has 0 unspecified atom stereocenters. The van der Waals surface area contributed by atoms with Crippen molar-refractivity contribution in [2.24, 2.45) is 7.05 Å². The van der Waals surface area contributed by atoms with Crippen LogP contribution in [0.2, 0.25) is 5.02 Å². The van der Waals surface area contributed by atoms with Gasteiger partial charge in [0.1, 0.15) is 0 Å².